The third kappa shape index (κ3) is 15.6. The summed E-state index contributed by atoms with van der Waals surface area (Å²) in [7, 11) is 0. The number of nitrogens with zero attached hydrogens (tertiary/aromatic N) is 3. The molecular weight excluding hydrogens is 596 g/mol. The fourth-order valence-corrected chi connectivity index (χ4v) is 4.33. The summed E-state index contributed by atoms with van der Waals surface area (Å²) in [4.78, 5) is 75.7. The summed E-state index contributed by atoms with van der Waals surface area (Å²) < 4.78 is 5.60. The van der Waals surface area contributed by atoms with Crippen LogP contribution in [0.5, 0.6) is 0 Å². The van der Waals surface area contributed by atoms with Crippen LogP contribution in [0.25, 0.3) is 0 Å². The Morgan fingerprint density at radius 3 is 1.65 bits per heavy atom. The number of hydrogen-bond acceptors (Lipinski definition) is 9. The monoisotopic (exact) mass is 646 g/mol. The number of amides is 5. The first kappa shape index (κ1) is 37.9. The Morgan fingerprint density at radius 2 is 1.24 bits per heavy atom. The molecule has 46 heavy (non-hydrogen) atoms. The number of rotatable bonds is 19. The van der Waals surface area contributed by atoms with Crippen LogP contribution in [-0.4, -0.2) is 94.8 Å². The van der Waals surface area contributed by atoms with Crippen molar-refractivity contribution in [1.82, 2.24) is 40.8 Å². The molecule has 16 heteroatoms. The summed E-state index contributed by atoms with van der Waals surface area (Å²) in [5.41, 5.74) is -0.277. The average molecular weight is 647 g/mol. The zero-order chi connectivity index (χ0) is 34.1. The van der Waals surface area contributed by atoms with Gasteiger partial charge in [0, 0.05) is 55.2 Å². The van der Waals surface area contributed by atoms with Crippen molar-refractivity contribution >= 4 is 29.9 Å². The number of aromatic amines is 2. The molecule has 0 unspecified atom stereocenters. The van der Waals surface area contributed by atoms with Crippen molar-refractivity contribution < 1.29 is 19.1 Å². The third-order valence-corrected chi connectivity index (χ3v) is 6.82. The van der Waals surface area contributed by atoms with Gasteiger partial charge in [0.2, 0.25) is 17.8 Å². The number of anilines is 2. The molecule has 0 saturated heterocycles. The van der Waals surface area contributed by atoms with Crippen molar-refractivity contribution in [2.75, 3.05) is 56.5 Å². The summed E-state index contributed by atoms with van der Waals surface area (Å²) in [5.74, 6) is 0.122. The van der Waals surface area contributed by atoms with E-state index in [9.17, 15) is 24.0 Å². The largest absolute Gasteiger partial charge is 0.379 e. The Labute approximate surface area is 269 Å². The van der Waals surface area contributed by atoms with Gasteiger partial charge in [-0.3, -0.25) is 25.0 Å². The van der Waals surface area contributed by atoms with E-state index in [1.54, 1.807) is 13.8 Å². The maximum Gasteiger partial charge on any atom is 0.321 e. The lowest BCUT2D eigenvalue weighted by Gasteiger charge is -2.25. The van der Waals surface area contributed by atoms with Crippen LogP contribution in [0.3, 0.4) is 0 Å². The summed E-state index contributed by atoms with van der Waals surface area (Å²) in [6.45, 7) is 14.9. The molecule has 7 N–H and O–H groups in total. The van der Waals surface area contributed by atoms with E-state index in [2.05, 4.69) is 51.4 Å². The van der Waals surface area contributed by atoms with E-state index < -0.39 is 28.6 Å². The number of hydrogen-bond donors (Lipinski definition) is 7. The van der Waals surface area contributed by atoms with Crippen molar-refractivity contribution in [1.29, 1.82) is 0 Å². The van der Waals surface area contributed by atoms with E-state index in [-0.39, 0.29) is 23.9 Å². The van der Waals surface area contributed by atoms with Gasteiger partial charge >= 0.3 is 12.1 Å². The average Bonchev–Trinajstić information content (AvgIpc) is 2.93. The van der Waals surface area contributed by atoms with Crippen molar-refractivity contribution in [3.05, 3.63) is 44.2 Å². The molecule has 0 aliphatic carbocycles. The minimum Gasteiger partial charge on any atom is -0.379 e. The molecular formula is C30H50N10O6. The van der Waals surface area contributed by atoms with Crippen molar-refractivity contribution in [2.45, 2.75) is 73.3 Å². The second-order valence-electron chi connectivity index (χ2n) is 12.0. The highest BCUT2D eigenvalue weighted by Gasteiger charge is 2.27. The molecule has 2 heterocycles. The van der Waals surface area contributed by atoms with Gasteiger partial charge in [0.25, 0.3) is 11.1 Å². The number of carbonyl (C=O) groups is 3. The van der Waals surface area contributed by atoms with Gasteiger partial charge in [0.15, 0.2) is 0 Å². The predicted molar refractivity (Wildman–Crippen MR) is 176 cm³/mol. The molecule has 0 fully saturated rings. The fraction of sp³-hybridized carbons (Fsp3) is 0.633. The highest BCUT2D eigenvalue weighted by Crippen LogP contribution is 2.20. The smallest absolute Gasteiger partial charge is 0.321 e. The van der Waals surface area contributed by atoms with Gasteiger partial charge in [-0.15, -0.1) is 0 Å². The highest BCUT2D eigenvalue weighted by atomic mass is 16.5. The minimum atomic E-state index is -0.547. The Balaban J connectivity index is 1.81. The number of aryl methyl sites for hydroxylation is 2. The van der Waals surface area contributed by atoms with Gasteiger partial charge in [0.05, 0.1) is 6.10 Å². The molecule has 2 aromatic rings. The van der Waals surface area contributed by atoms with Gasteiger partial charge in [-0.25, -0.2) is 9.59 Å². The lowest BCUT2D eigenvalue weighted by Crippen LogP contribution is -2.40. The van der Waals surface area contributed by atoms with Crippen LogP contribution < -0.4 is 37.7 Å². The standard InChI is InChI=1S/C30H50N10O6/c1-20(2)46-17-10-30(5,6)25(43)31-11-7-14-40(15-8-12-32-28(44)38-26-34-21(3)18-23(41)36-26)16-9-13-33-29(45)39-27-35-22(4)19-24(42)37-27/h18-20H,7-17H2,1-6H3,(H,31,43)(H3,32,34,36,38,41,44)(H3,33,35,37,39,42,45). The van der Waals surface area contributed by atoms with Crippen molar-refractivity contribution in [3.8, 4) is 0 Å². The van der Waals surface area contributed by atoms with Crippen LogP contribution in [0.4, 0.5) is 21.5 Å². The maximum atomic E-state index is 12.8. The maximum absolute atomic E-state index is 12.8. The summed E-state index contributed by atoms with van der Waals surface area (Å²) >= 11 is 0. The fourth-order valence-electron chi connectivity index (χ4n) is 4.33. The van der Waals surface area contributed by atoms with Crippen molar-refractivity contribution in [2.24, 2.45) is 5.41 Å². The van der Waals surface area contributed by atoms with E-state index in [4.69, 9.17) is 4.74 Å². The van der Waals surface area contributed by atoms with E-state index in [1.165, 1.54) is 12.1 Å². The lowest BCUT2D eigenvalue weighted by atomic mass is 9.88. The topological polar surface area (TPSA) is 215 Å². The molecule has 16 nitrogen and oxygen atoms in total. The third-order valence-electron chi connectivity index (χ3n) is 6.82. The Kier molecular flexibility index (Phi) is 15.9. The molecule has 256 valence electrons. The highest BCUT2D eigenvalue weighted by molar-refractivity contribution is 5.87. The summed E-state index contributed by atoms with van der Waals surface area (Å²) in [5, 5.41) is 13.6. The molecule has 2 rings (SSSR count). The van der Waals surface area contributed by atoms with E-state index in [0.29, 0.717) is 82.9 Å². The number of carbonyl (C=O) groups excluding carboxylic acids is 3. The zero-order valence-electron chi connectivity index (χ0n) is 27.8. The number of aromatic nitrogens is 4. The molecule has 0 aromatic carbocycles. The normalized spacial score (nSPS) is 11.4. The lowest BCUT2D eigenvalue weighted by molar-refractivity contribution is -0.130. The number of nitrogens with one attached hydrogen (secondary N) is 7. The minimum absolute atomic E-state index is 0.0225. The van der Waals surface area contributed by atoms with Crippen LogP contribution in [0.2, 0.25) is 0 Å². The molecule has 0 bridgehead atoms. The van der Waals surface area contributed by atoms with Gasteiger partial charge in [-0.1, -0.05) is 13.8 Å². The second kappa shape index (κ2) is 19.3. The van der Waals surface area contributed by atoms with Gasteiger partial charge in [0.1, 0.15) is 0 Å². The Hall–Kier alpha value is -4.31. The number of urea groups is 2. The molecule has 5 amide bonds. The van der Waals surface area contributed by atoms with Crippen LogP contribution in [-0.2, 0) is 9.53 Å². The van der Waals surface area contributed by atoms with Crippen LogP contribution in [0, 0.1) is 19.3 Å². The number of H-pyrrole nitrogens is 2. The number of ether oxygens (including phenoxy) is 1. The van der Waals surface area contributed by atoms with Crippen LogP contribution in [0.1, 0.15) is 64.8 Å². The van der Waals surface area contributed by atoms with Gasteiger partial charge in [-0.2, -0.15) is 9.97 Å². The first-order valence-corrected chi connectivity index (χ1v) is 15.6. The second-order valence-corrected chi connectivity index (χ2v) is 12.0. The van der Waals surface area contributed by atoms with Gasteiger partial charge < -0.3 is 35.6 Å². The van der Waals surface area contributed by atoms with Crippen LogP contribution in [0.15, 0.2) is 21.7 Å². The Morgan fingerprint density at radius 1 is 0.804 bits per heavy atom. The molecule has 0 aliphatic heterocycles. The van der Waals surface area contributed by atoms with Gasteiger partial charge in [-0.05, 0) is 73.0 Å². The van der Waals surface area contributed by atoms with E-state index in [1.807, 2.05) is 27.7 Å². The first-order valence-electron chi connectivity index (χ1n) is 15.6. The zero-order valence-corrected chi connectivity index (χ0v) is 27.8. The molecule has 0 aliphatic rings. The van der Waals surface area contributed by atoms with Crippen molar-refractivity contribution in [3.63, 3.8) is 0 Å². The van der Waals surface area contributed by atoms with E-state index in [0.717, 1.165) is 0 Å². The van der Waals surface area contributed by atoms with E-state index >= 15 is 0 Å². The Bertz CT molecular complexity index is 1310. The van der Waals surface area contributed by atoms with Crippen LogP contribution >= 0.6 is 0 Å². The quantitative estimate of drug-likeness (QED) is 0.111. The molecule has 0 radical (unpaired) electrons. The first-order chi connectivity index (χ1) is 21.7. The predicted octanol–water partition coefficient (Wildman–Crippen LogP) is 1.84. The SMILES string of the molecule is Cc1cc(=O)nc(NC(=O)NCCCN(CCCNC(=O)Nc2nc(=O)cc(C)[nH]2)CCCNC(=O)C(C)(C)CCOC(C)C)[nH]1. The molecule has 0 spiro atoms. The molecule has 0 atom stereocenters. The molecule has 2 aromatic heterocycles. The summed E-state index contributed by atoms with van der Waals surface area (Å²) in [6.07, 6.45) is 2.73. The summed E-state index contributed by atoms with van der Waals surface area (Å²) in [6, 6.07) is 1.70. The molecule has 0 saturated carbocycles.